The SMILES string of the molecule is COc1ccc2nc(N3CC(S)CC3=O)sc2n1. The Kier molecular flexibility index (Phi) is 2.87. The smallest absolute Gasteiger partial charge is 0.229 e. The number of methoxy groups -OCH3 is 1. The van der Waals surface area contributed by atoms with Gasteiger partial charge in [0.05, 0.1) is 7.11 Å². The van der Waals surface area contributed by atoms with Crippen molar-refractivity contribution in [3.05, 3.63) is 12.1 Å². The van der Waals surface area contributed by atoms with Crippen LogP contribution < -0.4 is 9.64 Å². The number of hydrogen-bond acceptors (Lipinski definition) is 6. The van der Waals surface area contributed by atoms with Crippen molar-refractivity contribution < 1.29 is 9.53 Å². The van der Waals surface area contributed by atoms with Crippen molar-refractivity contribution in [3.8, 4) is 5.88 Å². The maximum atomic E-state index is 11.8. The summed E-state index contributed by atoms with van der Waals surface area (Å²) < 4.78 is 5.07. The molecule has 2 aromatic heterocycles. The summed E-state index contributed by atoms with van der Waals surface area (Å²) in [7, 11) is 1.58. The van der Waals surface area contributed by atoms with Crippen LogP contribution in [-0.2, 0) is 4.79 Å². The van der Waals surface area contributed by atoms with Crippen molar-refractivity contribution in [2.75, 3.05) is 18.6 Å². The first kappa shape index (κ1) is 11.7. The zero-order chi connectivity index (χ0) is 12.7. The van der Waals surface area contributed by atoms with Crippen LogP contribution in [0.5, 0.6) is 5.88 Å². The Morgan fingerprint density at radius 3 is 3.00 bits per heavy atom. The monoisotopic (exact) mass is 281 g/mol. The molecular formula is C11H11N3O2S2. The van der Waals surface area contributed by atoms with Crippen LogP contribution in [0.4, 0.5) is 5.13 Å². The third-order valence-electron chi connectivity index (χ3n) is 2.76. The molecule has 1 aliphatic heterocycles. The molecule has 1 unspecified atom stereocenters. The van der Waals surface area contributed by atoms with Crippen LogP contribution >= 0.6 is 24.0 Å². The molecule has 2 aromatic rings. The number of amides is 1. The first-order chi connectivity index (χ1) is 8.67. The highest BCUT2D eigenvalue weighted by Crippen LogP contribution is 2.32. The third kappa shape index (κ3) is 1.93. The number of thiazole rings is 1. The van der Waals surface area contributed by atoms with Gasteiger partial charge in [-0.2, -0.15) is 12.6 Å². The lowest BCUT2D eigenvalue weighted by Crippen LogP contribution is -2.24. The van der Waals surface area contributed by atoms with Gasteiger partial charge >= 0.3 is 0 Å². The summed E-state index contributed by atoms with van der Waals surface area (Å²) in [6.45, 7) is 0.610. The standard InChI is InChI=1S/C11H11N3O2S2/c1-16-8-3-2-7-10(13-8)18-11(12-7)14-5-6(17)4-9(14)15/h2-3,6,17H,4-5H2,1H3. The Morgan fingerprint density at radius 2 is 2.33 bits per heavy atom. The predicted octanol–water partition coefficient (Wildman–Crippen LogP) is 1.73. The van der Waals surface area contributed by atoms with Gasteiger partial charge in [0, 0.05) is 24.3 Å². The van der Waals surface area contributed by atoms with E-state index >= 15 is 0 Å². The molecule has 0 aromatic carbocycles. The summed E-state index contributed by atoms with van der Waals surface area (Å²) in [6.07, 6.45) is 0.468. The van der Waals surface area contributed by atoms with Crippen LogP contribution in [0.25, 0.3) is 10.3 Å². The maximum absolute atomic E-state index is 11.8. The van der Waals surface area contributed by atoms with Gasteiger partial charge in [-0.3, -0.25) is 9.69 Å². The van der Waals surface area contributed by atoms with Crippen LogP contribution in [0.3, 0.4) is 0 Å². The van der Waals surface area contributed by atoms with Gasteiger partial charge in [0.2, 0.25) is 11.8 Å². The number of fused-ring (bicyclic) bond motifs is 1. The van der Waals surface area contributed by atoms with E-state index < -0.39 is 0 Å². The highest BCUT2D eigenvalue weighted by Gasteiger charge is 2.30. The molecular weight excluding hydrogens is 270 g/mol. The Balaban J connectivity index is 2.00. The zero-order valence-electron chi connectivity index (χ0n) is 9.66. The maximum Gasteiger partial charge on any atom is 0.229 e. The summed E-state index contributed by atoms with van der Waals surface area (Å²) in [5, 5.41) is 0.777. The summed E-state index contributed by atoms with van der Waals surface area (Å²) in [6, 6.07) is 3.61. The normalized spacial score (nSPS) is 19.8. The molecule has 1 fully saturated rings. The van der Waals surface area contributed by atoms with Crippen LogP contribution in [0.15, 0.2) is 12.1 Å². The minimum Gasteiger partial charge on any atom is -0.481 e. The van der Waals surface area contributed by atoms with E-state index in [1.54, 1.807) is 18.1 Å². The molecule has 0 bridgehead atoms. The predicted molar refractivity (Wildman–Crippen MR) is 73.7 cm³/mol. The van der Waals surface area contributed by atoms with Gasteiger partial charge < -0.3 is 4.74 Å². The van der Waals surface area contributed by atoms with Gasteiger partial charge in [0.15, 0.2) is 5.13 Å². The van der Waals surface area contributed by atoms with E-state index in [9.17, 15) is 4.79 Å². The van der Waals surface area contributed by atoms with Crippen molar-refractivity contribution in [1.82, 2.24) is 9.97 Å². The van der Waals surface area contributed by atoms with E-state index in [0.29, 0.717) is 24.0 Å². The van der Waals surface area contributed by atoms with Gasteiger partial charge in [-0.05, 0) is 6.07 Å². The fourth-order valence-corrected chi connectivity index (χ4v) is 3.17. The summed E-state index contributed by atoms with van der Waals surface area (Å²) in [4.78, 5) is 23.0. The lowest BCUT2D eigenvalue weighted by atomic mass is 10.4. The molecule has 94 valence electrons. The van der Waals surface area contributed by atoms with Crippen LogP contribution in [-0.4, -0.2) is 34.8 Å². The van der Waals surface area contributed by atoms with E-state index in [-0.39, 0.29) is 11.2 Å². The largest absolute Gasteiger partial charge is 0.481 e. The van der Waals surface area contributed by atoms with Crippen LogP contribution in [0.2, 0.25) is 0 Å². The van der Waals surface area contributed by atoms with E-state index in [1.165, 1.54) is 11.3 Å². The molecule has 0 spiro atoms. The number of anilines is 1. The quantitative estimate of drug-likeness (QED) is 0.852. The second-order valence-electron chi connectivity index (χ2n) is 4.04. The number of carbonyl (C=O) groups excluding carboxylic acids is 1. The minimum absolute atomic E-state index is 0.0704. The van der Waals surface area contributed by atoms with Crippen molar-refractivity contribution in [2.24, 2.45) is 0 Å². The van der Waals surface area contributed by atoms with Crippen molar-refractivity contribution in [2.45, 2.75) is 11.7 Å². The molecule has 1 aliphatic rings. The number of ether oxygens (including phenoxy) is 1. The highest BCUT2D eigenvalue weighted by atomic mass is 32.1. The van der Waals surface area contributed by atoms with E-state index in [0.717, 1.165) is 10.3 Å². The summed E-state index contributed by atoms with van der Waals surface area (Å²) in [5.74, 6) is 0.624. The van der Waals surface area contributed by atoms with Crippen molar-refractivity contribution in [1.29, 1.82) is 0 Å². The minimum atomic E-state index is 0.0704. The average molecular weight is 281 g/mol. The van der Waals surface area contributed by atoms with Gasteiger partial charge in [-0.15, -0.1) is 0 Å². The Hall–Kier alpha value is -1.34. The van der Waals surface area contributed by atoms with E-state index in [1.807, 2.05) is 6.07 Å². The molecule has 1 saturated heterocycles. The Bertz CT molecular complexity index is 613. The Morgan fingerprint density at radius 1 is 1.50 bits per heavy atom. The van der Waals surface area contributed by atoms with Crippen molar-refractivity contribution in [3.63, 3.8) is 0 Å². The van der Waals surface area contributed by atoms with Gasteiger partial charge in [-0.1, -0.05) is 11.3 Å². The number of carbonyl (C=O) groups is 1. The topological polar surface area (TPSA) is 55.3 Å². The fourth-order valence-electron chi connectivity index (χ4n) is 1.89. The highest BCUT2D eigenvalue weighted by molar-refractivity contribution is 7.81. The fraction of sp³-hybridized carbons (Fsp3) is 0.364. The zero-order valence-corrected chi connectivity index (χ0v) is 11.4. The lowest BCUT2D eigenvalue weighted by Gasteiger charge is -2.10. The first-order valence-corrected chi connectivity index (χ1v) is 6.80. The van der Waals surface area contributed by atoms with Crippen LogP contribution in [0, 0.1) is 0 Å². The number of thiol groups is 1. The molecule has 0 radical (unpaired) electrons. The van der Waals surface area contributed by atoms with Crippen molar-refractivity contribution >= 4 is 45.4 Å². The van der Waals surface area contributed by atoms with E-state index in [2.05, 4.69) is 22.6 Å². The molecule has 1 atom stereocenters. The molecule has 3 rings (SSSR count). The Labute approximate surface area is 113 Å². The number of hydrogen-bond donors (Lipinski definition) is 1. The molecule has 0 saturated carbocycles. The molecule has 1 amide bonds. The van der Waals surface area contributed by atoms with Gasteiger partial charge in [0.25, 0.3) is 0 Å². The number of pyridine rings is 1. The molecule has 0 aliphatic carbocycles. The number of nitrogens with zero attached hydrogens (tertiary/aromatic N) is 3. The molecule has 18 heavy (non-hydrogen) atoms. The molecule has 3 heterocycles. The number of rotatable bonds is 2. The molecule has 7 heteroatoms. The molecule has 0 N–H and O–H groups in total. The van der Waals surface area contributed by atoms with Crippen LogP contribution in [0.1, 0.15) is 6.42 Å². The molecule has 5 nitrogen and oxygen atoms in total. The second kappa shape index (κ2) is 4.40. The van der Waals surface area contributed by atoms with E-state index in [4.69, 9.17) is 4.74 Å². The summed E-state index contributed by atoms with van der Waals surface area (Å²) >= 11 is 5.73. The average Bonchev–Trinajstić information content (AvgIpc) is 2.90. The second-order valence-corrected chi connectivity index (χ2v) is 5.72. The third-order valence-corrected chi connectivity index (χ3v) is 4.10. The van der Waals surface area contributed by atoms with Gasteiger partial charge in [0.1, 0.15) is 10.3 Å². The lowest BCUT2D eigenvalue weighted by molar-refractivity contribution is -0.117. The first-order valence-electron chi connectivity index (χ1n) is 5.47. The number of aromatic nitrogens is 2. The van der Waals surface area contributed by atoms with Gasteiger partial charge in [-0.25, -0.2) is 9.97 Å². The summed E-state index contributed by atoms with van der Waals surface area (Å²) in [5.41, 5.74) is 0.784.